The lowest BCUT2D eigenvalue weighted by Crippen LogP contribution is -2.46. The Labute approximate surface area is 51.3 Å². The molecule has 0 unspecified atom stereocenters. The largest absolute Gasteiger partial charge is 0.465 e. The number of hydrogen-bond donors (Lipinski definition) is 3. The molecule has 0 radical (unpaired) electrons. The van der Waals surface area contributed by atoms with Crippen LogP contribution in [0.1, 0.15) is 6.92 Å². The van der Waals surface area contributed by atoms with Crippen LogP contribution < -0.4 is 5.32 Å². The van der Waals surface area contributed by atoms with E-state index in [4.69, 9.17) is 10.2 Å². The highest BCUT2D eigenvalue weighted by Crippen LogP contribution is 1.89. The van der Waals surface area contributed by atoms with Gasteiger partial charge in [-0.1, -0.05) is 0 Å². The summed E-state index contributed by atoms with van der Waals surface area (Å²) in [5.74, 6) is 0. The molecule has 0 heterocycles. The smallest absolute Gasteiger partial charge is 0.407 e. The Hall–Kier alpha value is -1.10. The van der Waals surface area contributed by atoms with E-state index in [1.165, 1.54) is 0 Å². The number of hydrogen-bond acceptors (Lipinski definition) is 3. The molecule has 1 amide bonds. The van der Waals surface area contributed by atoms with Crippen molar-refractivity contribution in [2.45, 2.75) is 12.6 Å². The highest BCUT2D eigenvalue weighted by Gasteiger charge is 2.20. The molecule has 0 aromatic heterocycles. The second kappa shape index (κ2) is 2.45. The van der Waals surface area contributed by atoms with Crippen LogP contribution in [0.2, 0.25) is 0 Å². The van der Waals surface area contributed by atoms with Gasteiger partial charge < -0.3 is 10.2 Å². The average molecular weight is 133 g/mol. The highest BCUT2D eigenvalue weighted by molar-refractivity contribution is 5.72. The predicted molar refractivity (Wildman–Crippen MR) is 27.8 cm³/mol. The zero-order valence-corrected chi connectivity index (χ0v) is 4.79. The summed E-state index contributed by atoms with van der Waals surface area (Å²) in [6.07, 6.45) is -1.34. The Kier molecular flexibility index (Phi) is 2.15. The first-order valence-electron chi connectivity index (χ1n) is 2.18. The number of rotatable bonds is 2. The van der Waals surface area contributed by atoms with E-state index < -0.39 is 11.8 Å². The summed E-state index contributed by atoms with van der Waals surface area (Å²) < 4.78 is 0. The van der Waals surface area contributed by atoms with Crippen LogP contribution in [0.5, 0.6) is 0 Å². The van der Waals surface area contributed by atoms with Crippen LogP contribution in [0.15, 0.2) is 0 Å². The lowest BCUT2D eigenvalue weighted by atomic mass is 10.3. The minimum absolute atomic E-state index is 0.0983. The maximum atomic E-state index is 9.79. The Morgan fingerprint density at radius 3 is 2.33 bits per heavy atom. The molecule has 0 fully saturated rings. The molecule has 0 aliphatic heterocycles. The SMILES string of the molecule is C[C@](O)(C=O)NC(=O)O. The third-order valence-electron chi connectivity index (χ3n) is 0.589. The van der Waals surface area contributed by atoms with Gasteiger partial charge in [-0.2, -0.15) is 0 Å². The number of carbonyl (C=O) groups excluding carboxylic acids is 1. The van der Waals surface area contributed by atoms with Crippen LogP contribution >= 0.6 is 0 Å². The molecule has 0 saturated heterocycles. The summed E-state index contributed by atoms with van der Waals surface area (Å²) in [4.78, 5) is 19.5. The molecule has 3 N–H and O–H groups in total. The van der Waals surface area contributed by atoms with Crippen molar-refractivity contribution in [3.63, 3.8) is 0 Å². The van der Waals surface area contributed by atoms with Crippen molar-refractivity contribution in [1.29, 1.82) is 0 Å². The molecule has 0 aromatic carbocycles. The average Bonchev–Trinajstić information content (AvgIpc) is 1.63. The van der Waals surface area contributed by atoms with Crippen LogP contribution in [0, 0.1) is 0 Å². The van der Waals surface area contributed by atoms with Gasteiger partial charge in [-0.05, 0) is 6.92 Å². The lowest BCUT2D eigenvalue weighted by Gasteiger charge is -2.13. The van der Waals surface area contributed by atoms with E-state index in [2.05, 4.69) is 0 Å². The van der Waals surface area contributed by atoms with Gasteiger partial charge in [-0.15, -0.1) is 0 Å². The van der Waals surface area contributed by atoms with Gasteiger partial charge in [0.15, 0.2) is 12.0 Å². The van der Waals surface area contributed by atoms with Crippen LogP contribution in [0.3, 0.4) is 0 Å². The monoisotopic (exact) mass is 133 g/mol. The summed E-state index contributed by atoms with van der Waals surface area (Å²) >= 11 is 0. The number of nitrogens with one attached hydrogen (secondary N) is 1. The molecule has 9 heavy (non-hydrogen) atoms. The van der Waals surface area contributed by atoms with Gasteiger partial charge >= 0.3 is 6.09 Å². The number of amides is 1. The Bertz CT molecular complexity index is 131. The van der Waals surface area contributed by atoms with E-state index in [0.717, 1.165) is 6.92 Å². The predicted octanol–water partition coefficient (Wildman–Crippen LogP) is -0.839. The zero-order valence-electron chi connectivity index (χ0n) is 4.79. The zero-order chi connectivity index (χ0) is 7.49. The standard InChI is InChI=1S/C4H7NO4/c1-4(9,2-6)5-3(7)8/h2,5,9H,1H3,(H,7,8)/t4-/m0/s1. The van der Waals surface area contributed by atoms with Gasteiger partial charge in [-0.3, -0.25) is 10.1 Å². The molecular weight excluding hydrogens is 126 g/mol. The van der Waals surface area contributed by atoms with E-state index in [9.17, 15) is 9.59 Å². The quantitative estimate of drug-likeness (QED) is 0.338. The third kappa shape index (κ3) is 3.48. The normalized spacial score (nSPS) is 15.8. The molecule has 5 nitrogen and oxygen atoms in total. The lowest BCUT2D eigenvalue weighted by molar-refractivity contribution is -0.124. The van der Waals surface area contributed by atoms with Crippen molar-refractivity contribution in [3.8, 4) is 0 Å². The van der Waals surface area contributed by atoms with Gasteiger partial charge in [0, 0.05) is 0 Å². The molecule has 0 aliphatic rings. The van der Waals surface area contributed by atoms with Crippen molar-refractivity contribution >= 4 is 12.4 Å². The minimum atomic E-state index is -1.97. The molecule has 0 bridgehead atoms. The molecular formula is C4H7NO4. The fourth-order valence-electron chi connectivity index (χ4n) is 0.246. The Balaban J connectivity index is 3.86. The highest BCUT2D eigenvalue weighted by atomic mass is 16.4. The van der Waals surface area contributed by atoms with Gasteiger partial charge in [0.25, 0.3) is 0 Å². The Morgan fingerprint density at radius 2 is 2.22 bits per heavy atom. The van der Waals surface area contributed by atoms with E-state index >= 15 is 0 Å². The van der Waals surface area contributed by atoms with E-state index in [0.29, 0.717) is 0 Å². The first-order chi connectivity index (χ1) is 3.98. The van der Waals surface area contributed by atoms with E-state index in [1.54, 1.807) is 5.32 Å². The second-order valence-corrected chi connectivity index (χ2v) is 1.70. The maximum absolute atomic E-state index is 9.79. The summed E-state index contributed by atoms with van der Waals surface area (Å²) in [5, 5.41) is 18.2. The molecule has 0 rings (SSSR count). The van der Waals surface area contributed by atoms with Crippen molar-refractivity contribution in [2.24, 2.45) is 0 Å². The number of carboxylic acid groups (broad SMARTS) is 1. The van der Waals surface area contributed by atoms with Crippen LogP contribution in [-0.4, -0.2) is 28.3 Å². The van der Waals surface area contributed by atoms with E-state index in [1.807, 2.05) is 0 Å². The van der Waals surface area contributed by atoms with Gasteiger partial charge in [0.05, 0.1) is 0 Å². The molecule has 0 spiro atoms. The molecule has 1 atom stereocenters. The molecule has 5 heteroatoms. The summed E-state index contributed by atoms with van der Waals surface area (Å²) in [7, 11) is 0. The van der Waals surface area contributed by atoms with Crippen LogP contribution in [0.4, 0.5) is 4.79 Å². The van der Waals surface area contributed by atoms with Crippen LogP contribution in [-0.2, 0) is 4.79 Å². The molecule has 52 valence electrons. The fourth-order valence-corrected chi connectivity index (χ4v) is 0.246. The second-order valence-electron chi connectivity index (χ2n) is 1.70. The van der Waals surface area contributed by atoms with E-state index in [-0.39, 0.29) is 6.29 Å². The van der Waals surface area contributed by atoms with Crippen molar-refractivity contribution in [1.82, 2.24) is 5.32 Å². The molecule has 0 saturated carbocycles. The maximum Gasteiger partial charge on any atom is 0.407 e. The third-order valence-corrected chi connectivity index (χ3v) is 0.589. The number of aldehydes is 1. The van der Waals surface area contributed by atoms with Gasteiger partial charge in [0.2, 0.25) is 0 Å². The minimum Gasteiger partial charge on any atom is -0.465 e. The topological polar surface area (TPSA) is 86.6 Å². The number of aliphatic hydroxyl groups is 1. The first-order valence-corrected chi connectivity index (χ1v) is 2.18. The summed E-state index contributed by atoms with van der Waals surface area (Å²) in [6.45, 7) is 1.04. The number of carbonyl (C=O) groups is 2. The van der Waals surface area contributed by atoms with Gasteiger partial charge in [-0.25, -0.2) is 4.79 Å². The Morgan fingerprint density at radius 1 is 1.78 bits per heavy atom. The summed E-state index contributed by atoms with van der Waals surface area (Å²) in [5.41, 5.74) is -1.97. The first kappa shape index (κ1) is 7.90. The molecule has 0 aromatic rings. The molecule has 0 aliphatic carbocycles. The fraction of sp³-hybridized carbons (Fsp3) is 0.500. The van der Waals surface area contributed by atoms with Crippen molar-refractivity contribution in [2.75, 3.05) is 0 Å². The van der Waals surface area contributed by atoms with Crippen LogP contribution in [0.25, 0.3) is 0 Å². The van der Waals surface area contributed by atoms with Gasteiger partial charge in [0.1, 0.15) is 0 Å². The summed E-state index contributed by atoms with van der Waals surface area (Å²) in [6, 6.07) is 0. The van der Waals surface area contributed by atoms with Crippen molar-refractivity contribution in [3.05, 3.63) is 0 Å². The van der Waals surface area contributed by atoms with Crippen molar-refractivity contribution < 1.29 is 19.8 Å².